The average molecular weight is 467 g/mol. The van der Waals surface area contributed by atoms with Crippen LogP contribution in [0.2, 0.25) is 0 Å². The van der Waals surface area contributed by atoms with Crippen LogP contribution in [-0.4, -0.2) is 60.4 Å². The second-order valence-corrected chi connectivity index (χ2v) is 11.2. The van der Waals surface area contributed by atoms with Gasteiger partial charge in [0.15, 0.2) is 0 Å². The zero-order chi connectivity index (χ0) is 23.9. The Morgan fingerprint density at radius 3 is 2.76 bits per heavy atom. The van der Waals surface area contributed by atoms with Crippen LogP contribution >= 0.6 is 11.6 Å². The number of allylic oxidation sites excluding steroid dienone is 3. The number of likely N-dealkylation sites (N-methyl/N-ethyl adjacent to an activating group) is 1. The van der Waals surface area contributed by atoms with Gasteiger partial charge in [-0.05, 0) is 49.8 Å². The lowest BCUT2D eigenvalue weighted by Gasteiger charge is -2.67. The van der Waals surface area contributed by atoms with E-state index in [2.05, 4.69) is 64.7 Å². The average Bonchev–Trinajstić information content (AvgIpc) is 3.29. The molecule has 0 N–H and O–H groups in total. The van der Waals surface area contributed by atoms with Gasteiger partial charge in [0.2, 0.25) is 5.91 Å². The third-order valence-corrected chi connectivity index (χ3v) is 9.86. The molecule has 4 aliphatic rings. The zero-order valence-corrected chi connectivity index (χ0v) is 20.9. The van der Waals surface area contributed by atoms with E-state index in [4.69, 9.17) is 11.6 Å². The van der Waals surface area contributed by atoms with Gasteiger partial charge >= 0.3 is 0 Å². The van der Waals surface area contributed by atoms with Crippen molar-refractivity contribution in [2.45, 2.75) is 44.3 Å². The van der Waals surface area contributed by atoms with E-state index in [0.29, 0.717) is 23.5 Å². The first-order valence-electron chi connectivity index (χ1n) is 11.8. The molecule has 0 aromatic heterocycles. The van der Waals surface area contributed by atoms with Crippen LogP contribution in [0.25, 0.3) is 0 Å². The van der Waals surface area contributed by atoms with Gasteiger partial charge in [-0.25, -0.2) is 0 Å². The molecule has 0 radical (unpaired) electrons. The molecule has 5 rings (SSSR count). The molecular weight excluding hydrogens is 434 g/mol. The lowest BCUT2D eigenvalue weighted by atomic mass is 9.59. The number of benzene rings is 1. The maximum atomic E-state index is 13.1. The van der Waals surface area contributed by atoms with Gasteiger partial charge in [0.1, 0.15) is 17.3 Å². The minimum absolute atomic E-state index is 0.0205. The Labute approximate surface area is 201 Å². The predicted molar refractivity (Wildman–Crippen MR) is 133 cm³/mol. The Bertz CT molecular complexity index is 1140. The summed E-state index contributed by atoms with van der Waals surface area (Å²) in [6, 6.07) is 6.65. The normalized spacial score (nSPS) is 36.2. The summed E-state index contributed by atoms with van der Waals surface area (Å²) in [4.78, 5) is 29.5. The molecule has 1 aromatic carbocycles. The van der Waals surface area contributed by atoms with E-state index in [1.165, 1.54) is 6.08 Å². The summed E-state index contributed by atoms with van der Waals surface area (Å²) in [5.74, 6) is 0.542. The lowest BCUT2D eigenvalue weighted by Crippen LogP contribution is -2.86. The molecule has 6 heteroatoms. The second kappa shape index (κ2) is 7.07. The topological polar surface area (TPSA) is 40.6 Å². The van der Waals surface area contributed by atoms with Crippen molar-refractivity contribution in [1.82, 2.24) is 14.3 Å². The number of likely N-dealkylation sites (tertiary alicyclic amines) is 2. The molecular formula is C27H33ClN3O2+. The molecule has 1 spiro atoms. The van der Waals surface area contributed by atoms with E-state index >= 15 is 0 Å². The van der Waals surface area contributed by atoms with E-state index < -0.39 is 0 Å². The fourth-order valence-electron chi connectivity index (χ4n) is 7.16. The van der Waals surface area contributed by atoms with Crippen LogP contribution in [0.1, 0.15) is 43.1 Å². The summed E-state index contributed by atoms with van der Waals surface area (Å²) in [5.41, 5.74) is 2.48. The molecule has 33 heavy (non-hydrogen) atoms. The number of hydrogen-bond acceptors (Lipinski definition) is 2. The molecule has 2 amide bonds. The van der Waals surface area contributed by atoms with E-state index in [-0.39, 0.29) is 34.9 Å². The summed E-state index contributed by atoms with van der Waals surface area (Å²) in [5, 5.41) is 0.866. The highest BCUT2D eigenvalue weighted by Crippen LogP contribution is 2.61. The van der Waals surface area contributed by atoms with Gasteiger partial charge < -0.3 is 9.80 Å². The summed E-state index contributed by atoms with van der Waals surface area (Å²) in [6.07, 6.45) is 8.65. The highest BCUT2D eigenvalue weighted by Gasteiger charge is 2.74. The molecule has 5 atom stereocenters. The SMILES string of the molecule is C=CC(=O)N1CC[C@]2(C1)C1C(C)C(Cl)=CC=CC1[N+]2(C)c1ccc2c(c1)C(=O)N(C)C2(C)C. The number of rotatable bonds is 2. The fourth-order valence-corrected chi connectivity index (χ4v) is 7.37. The van der Waals surface area contributed by atoms with Gasteiger partial charge in [0, 0.05) is 37.0 Å². The minimum atomic E-state index is -0.326. The first kappa shape index (κ1) is 22.4. The molecule has 1 aromatic rings. The van der Waals surface area contributed by atoms with Crippen LogP contribution in [-0.2, 0) is 10.3 Å². The Balaban J connectivity index is 1.65. The van der Waals surface area contributed by atoms with Crippen molar-refractivity contribution in [3.05, 3.63) is 65.2 Å². The van der Waals surface area contributed by atoms with Crippen molar-refractivity contribution in [3.63, 3.8) is 0 Å². The smallest absolute Gasteiger partial charge is 0.254 e. The zero-order valence-electron chi connectivity index (χ0n) is 20.1. The summed E-state index contributed by atoms with van der Waals surface area (Å²) >= 11 is 6.69. The van der Waals surface area contributed by atoms with Crippen molar-refractivity contribution < 1.29 is 9.59 Å². The largest absolute Gasteiger partial charge is 0.333 e. The Morgan fingerprint density at radius 1 is 1.33 bits per heavy atom. The number of carbonyl (C=O) groups excluding carboxylic acids is 2. The Kier molecular flexibility index (Phi) is 4.80. The molecule has 174 valence electrons. The predicted octanol–water partition coefficient (Wildman–Crippen LogP) is 4.43. The Morgan fingerprint density at radius 2 is 2.06 bits per heavy atom. The Hall–Kier alpha value is -2.37. The maximum Gasteiger partial charge on any atom is 0.254 e. The standard InChI is InChI=1S/C27H33ClN3O2/c1-7-23(32)30-14-13-27(16-30)24-17(2)21(28)9-8-10-22(24)31(27,6)18-11-12-20-19(15-18)25(33)29(5)26(20,3)4/h7-12,15,17,22,24H,1,13-14,16H2,2-6H3/q+1/t17?,22?,24?,27-,31?/m0/s1. The number of halogens is 1. The number of fused-ring (bicyclic) bond motifs is 3. The van der Waals surface area contributed by atoms with Gasteiger partial charge in [-0.2, -0.15) is 0 Å². The van der Waals surface area contributed by atoms with E-state index in [1.54, 1.807) is 0 Å². The molecule has 5 nitrogen and oxygen atoms in total. The summed E-state index contributed by atoms with van der Waals surface area (Å²) in [7, 11) is 4.15. The van der Waals surface area contributed by atoms with Gasteiger partial charge in [-0.15, -0.1) is 0 Å². The maximum absolute atomic E-state index is 13.1. The fraction of sp³-hybridized carbons (Fsp3) is 0.481. The van der Waals surface area contributed by atoms with E-state index in [0.717, 1.165) is 28.3 Å². The van der Waals surface area contributed by atoms with E-state index in [9.17, 15) is 9.59 Å². The van der Waals surface area contributed by atoms with Gasteiger partial charge in [0.25, 0.3) is 5.91 Å². The number of quaternary nitrogens is 1. The van der Waals surface area contributed by atoms with Crippen LogP contribution in [0.15, 0.2) is 54.1 Å². The highest BCUT2D eigenvalue weighted by atomic mass is 35.5. The van der Waals surface area contributed by atoms with Crippen LogP contribution < -0.4 is 4.48 Å². The molecule has 1 aliphatic carbocycles. The van der Waals surface area contributed by atoms with Gasteiger partial charge in [-0.1, -0.05) is 31.2 Å². The van der Waals surface area contributed by atoms with Crippen molar-refractivity contribution in [1.29, 1.82) is 0 Å². The van der Waals surface area contributed by atoms with Crippen molar-refractivity contribution >= 4 is 29.1 Å². The van der Waals surface area contributed by atoms with Crippen LogP contribution in [0.5, 0.6) is 0 Å². The molecule has 2 fully saturated rings. The monoisotopic (exact) mass is 466 g/mol. The molecule has 3 heterocycles. The third kappa shape index (κ3) is 2.64. The number of nitrogens with zero attached hydrogens (tertiary/aromatic N) is 3. The molecule has 4 unspecified atom stereocenters. The van der Waals surface area contributed by atoms with Gasteiger partial charge in [0.05, 0.1) is 30.6 Å². The lowest BCUT2D eigenvalue weighted by molar-refractivity contribution is -0.130. The number of amides is 2. The van der Waals surface area contributed by atoms with Gasteiger partial charge in [-0.3, -0.25) is 14.1 Å². The highest BCUT2D eigenvalue weighted by molar-refractivity contribution is 6.30. The third-order valence-electron chi connectivity index (χ3n) is 9.39. The quantitative estimate of drug-likeness (QED) is 0.478. The minimum Gasteiger partial charge on any atom is -0.333 e. The van der Waals surface area contributed by atoms with E-state index in [1.807, 2.05) is 22.9 Å². The van der Waals surface area contributed by atoms with Crippen molar-refractivity contribution in [2.75, 3.05) is 27.2 Å². The second-order valence-electron chi connectivity index (χ2n) is 10.8. The first-order valence-corrected chi connectivity index (χ1v) is 12.1. The summed E-state index contributed by atoms with van der Waals surface area (Å²) in [6.45, 7) is 11.5. The molecule has 0 bridgehead atoms. The first-order chi connectivity index (χ1) is 15.5. The van der Waals surface area contributed by atoms with Crippen molar-refractivity contribution in [3.8, 4) is 0 Å². The van der Waals surface area contributed by atoms with Crippen LogP contribution in [0, 0.1) is 11.8 Å². The molecule has 3 aliphatic heterocycles. The number of hydrogen-bond donors (Lipinski definition) is 0. The number of carbonyl (C=O) groups is 2. The van der Waals surface area contributed by atoms with Crippen molar-refractivity contribution in [2.24, 2.45) is 11.8 Å². The van der Waals surface area contributed by atoms with Crippen LogP contribution in [0.3, 0.4) is 0 Å². The van der Waals surface area contributed by atoms with Crippen LogP contribution in [0.4, 0.5) is 5.69 Å². The summed E-state index contributed by atoms with van der Waals surface area (Å²) < 4.78 is 0.669. The molecule has 0 saturated carbocycles. The molecule has 2 saturated heterocycles.